The first-order valence-electron chi connectivity index (χ1n) is 9.06. The second kappa shape index (κ2) is 7.79. The number of rotatable bonds is 6. The van der Waals surface area contributed by atoms with Gasteiger partial charge in [-0.3, -0.25) is 0 Å². The summed E-state index contributed by atoms with van der Waals surface area (Å²) in [6.45, 7) is 5.12. The van der Waals surface area contributed by atoms with E-state index in [9.17, 15) is 4.79 Å². The number of carbonyl (C=O) groups is 1. The van der Waals surface area contributed by atoms with Crippen LogP contribution in [0.15, 0.2) is 48.4 Å². The van der Waals surface area contributed by atoms with Crippen molar-refractivity contribution in [2.75, 3.05) is 20.6 Å². The minimum Gasteiger partial charge on any atom is -0.422 e. The summed E-state index contributed by atoms with van der Waals surface area (Å²) in [7, 11) is 4.11. The van der Waals surface area contributed by atoms with Gasteiger partial charge in [0.05, 0.1) is 5.57 Å². The van der Waals surface area contributed by atoms with E-state index in [1.165, 1.54) is 5.56 Å². The van der Waals surface area contributed by atoms with Gasteiger partial charge in [-0.1, -0.05) is 12.1 Å². The van der Waals surface area contributed by atoms with Crippen molar-refractivity contribution in [3.63, 3.8) is 0 Å². The Hall–Kier alpha value is -2.53. The summed E-state index contributed by atoms with van der Waals surface area (Å²) in [5, 5.41) is 0.996. The molecule has 5 heteroatoms. The average molecular weight is 353 g/mol. The van der Waals surface area contributed by atoms with Crippen molar-refractivity contribution in [2.45, 2.75) is 32.7 Å². The zero-order valence-corrected chi connectivity index (χ0v) is 16.0. The maximum atomic E-state index is 12.7. The summed E-state index contributed by atoms with van der Waals surface area (Å²) in [5.41, 5.74) is 2.83. The van der Waals surface area contributed by atoms with Gasteiger partial charge in [-0.05, 0) is 52.1 Å². The highest BCUT2D eigenvalue weighted by molar-refractivity contribution is 5.95. The zero-order chi connectivity index (χ0) is 18.7. The third kappa shape index (κ3) is 3.99. The van der Waals surface area contributed by atoms with Crippen molar-refractivity contribution in [3.05, 3.63) is 54.0 Å². The molecule has 0 saturated carbocycles. The molecule has 138 valence electrons. The third-order valence-corrected chi connectivity index (χ3v) is 4.56. The number of hydrogen-bond donors (Lipinski definition) is 1. The lowest BCUT2D eigenvalue weighted by molar-refractivity contribution is -0.130. The fourth-order valence-corrected chi connectivity index (χ4v) is 3.05. The molecule has 1 aromatic carbocycles. The molecule has 26 heavy (non-hydrogen) atoms. The standard InChI is InChI=1S/C21H27N3O2/c1-15(2)24-11-6-7-17(14-24)21(25)26-19-9-5-8-18-20(19)16(13-22-18)10-12-23(3)4/h5-6,8-9,11,13-15,22H,7,10,12H2,1-4H3. The van der Waals surface area contributed by atoms with Crippen LogP contribution < -0.4 is 4.74 Å². The quantitative estimate of drug-likeness (QED) is 0.636. The number of ether oxygens (including phenoxy) is 1. The molecule has 0 radical (unpaired) electrons. The van der Waals surface area contributed by atoms with Gasteiger partial charge in [0.2, 0.25) is 0 Å². The van der Waals surface area contributed by atoms with Crippen LogP contribution in [0.5, 0.6) is 5.75 Å². The van der Waals surface area contributed by atoms with Gasteiger partial charge in [-0.25, -0.2) is 4.79 Å². The van der Waals surface area contributed by atoms with Crippen LogP contribution in [-0.2, 0) is 11.2 Å². The molecule has 0 unspecified atom stereocenters. The van der Waals surface area contributed by atoms with Crippen LogP contribution in [0.4, 0.5) is 0 Å². The number of nitrogens with zero attached hydrogens (tertiary/aromatic N) is 2. The van der Waals surface area contributed by atoms with Crippen molar-refractivity contribution in [1.82, 2.24) is 14.8 Å². The number of benzene rings is 1. The highest BCUT2D eigenvalue weighted by Crippen LogP contribution is 2.30. The van der Waals surface area contributed by atoms with E-state index in [4.69, 9.17) is 4.74 Å². The molecule has 2 heterocycles. The Labute approximate surface area is 154 Å². The first-order valence-corrected chi connectivity index (χ1v) is 9.06. The van der Waals surface area contributed by atoms with Gasteiger partial charge < -0.3 is 19.5 Å². The zero-order valence-electron chi connectivity index (χ0n) is 16.0. The van der Waals surface area contributed by atoms with E-state index in [0.717, 1.165) is 23.9 Å². The third-order valence-electron chi connectivity index (χ3n) is 4.56. The number of carbonyl (C=O) groups excluding carboxylic acids is 1. The molecular weight excluding hydrogens is 326 g/mol. The van der Waals surface area contributed by atoms with E-state index < -0.39 is 0 Å². The predicted octanol–water partition coefficient (Wildman–Crippen LogP) is 3.69. The number of H-pyrrole nitrogens is 1. The van der Waals surface area contributed by atoms with Crippen LogP contribution >= 0.6 is 0 Å². The van der Waals surface area contributed by atoms with Crippen LogP contribution in [0.3, 0.4) is 0 Å². The normalized spacial score (nSPS) is 14.4. The van der Waals surface area contributed by atoms with Gasteiger partial charge in [0.1, 0.15) is 5.75 Å². The number of aromatic nitrogens is 1. The number of likely N-dealkylation sites (N-methyl/N-ethyl adjacent to an activating group) is 1. The monoisotopic (exact) mass is 353 g/mol. The first kappa shape index (κ1) is 18.3. The van der Waals surface area contributed by atoms with Crippen molar-refractivity contribution >= 4 is 16.9 Å². The second-order valence-corrected chi connectivity index (χ2v) is 7.22. The lowest BCUT2D eigenvalue weighted by atomic mass is 10.1. The molecule has 0 fully saturated rings. The van der Waals surface area contributed by atoms with Crippen LogP contribution in [0.1, 0.15) is 25.8 Å². The topological polar surface area (TPSA) is 48.6 Å². The SMILES string of the molecule is CC(C)N1C=CCC(C(=O)Oc2cccc3[nH]cc(CCN(C)C)c23)=C1. The fourth-order valence-electron chi connectivity index (χ4n) is 3.05. The van der Waals surface area contributed by atoms with Crippen molar-refractivity contribution < 1.29 is 9.53 Å². The van der Waals surface area contributed by atoms with Gasteiger partial charge >= 0.3 is 5.97 Å². The Balaban J connectivity index is 1.84. The molecule has 0 amide bonds. The van der Waals surface area contributed by atoms with Gasteiger partial charge in [0, 0.05) is 48.5 Å². The Bertz CT molecular complexity index is 846. The Kier molecular flexibility index (Phi) is 5.47. The molecule has 0 spiro atoms. The van der Waals surface area contributed by atoms with Gasteiger partial charge in [-0.2, -0.15) is 0 Å². The molecule has 1 aromatic heterocycles. The summed E-state index contributed by atoms with van der Waals surface area (Å²) in [4.78, 5) is 20.2. The number of esters is 1. The summed E-state index contributed by atoms with van der Waals surface area (Å²) in [6.07, 6.45) is 9.39. The van der Waals surface area contributed by atoms with Crippen molar-refractivity contribution in [2.24, 2.45) is 0 Å². The van der Waals surface area contributed by atoms with E-state index >= 15 is 0 Å². The molecule has 3 rings (SSSR count). The molecule has 5 nitrogen and oxygen atoms in total. The number of fused-ring (bicyclic) bond motifs is 1. The Morgan fingerprint density at radius 1 is 1.35 bits per heavy atom. The molecule has 0 bridgehead atoms. The van der Waals surface area contributed by atoms with E-state index in [2.05, 4.69) is 37.8 Å². The molecule has 0 aliphatic carbocycles. The molecule has 0 atom stereocenters. The summed E-state index contributed by atoms with van der Waals surface area (Å²) >= 11 is 0. The highest BCUT2D eigenvalue weighted by Gasteiger charge is 2.19. The summed E-state index contributed by atoms with van der Waals surface area (Å²) in [6, 6.07) is 6.09. The molecule has 1 aliphatic heterocycles. The highest BCUT2D eigenvalue weighted by atomic mass is 16.5. The Morgan fingerprint density at radius 2 is 2.15 bits per heavy atom. The van der Waals surface area contributed by atoms with Crippen LogP contribution in [0, 0.1) is 0 Å². The lowest BCUT2D eigenvalue weighted by Crippen LogP contribution is -2.24. The molecule has 1 aliphatic rings. The van der Waals surface area contributed by atoms with Gasteiger partial charge in [-0.15, -0.1) is 0 Å². The van der Waals surface area contributed by atoms with E-state index in [1.807, 2.05) is 47.8 Å². The predicted molar refractivity (Wildman–Crippen MR) is 105 cm³/mol. The second-order valence-electron chi connectivity index (χ2n) is 7.22. The lowest BCUT2D eigenvalue weighted by Gasteiger charge is -2.24. The molecular formula is C21H27N3O2. The van der Waals surface area contributed by atoms with Crippen LogP contribution in [0.2, 0.25) is 0 Å². The fraction of sp³-hybridized carbons (Fsp3) is 0.381. The number of hydrogen-bond acceptors (Lipinski definition) is 4. The van der Waals surface area contributed by atoms with Crippen LogP contribution in [0.25, 0.3) is 10.9 Å². The minimum absolute atomic E-state index is 0.285. The smallest absolute Gasteiger partial charge is 0.341 e. The first-order chi connectivity index (χ1) is 12.5. The minimum atomic E-state index is -0.285. The van der Waals surface area contributed by atoms with Gasteiger partial charge in [0.25, 0.3) is 0 Å². The maximum Gasteiger partial charge on any atom is 0.341 e. The molecule has 2 aromatic rings. The maximum absolute atomic E-state index is 12.7. The number of allylic oxidation sites excluding steroid dienone is 1. The number of aromatic amines is 1. The van der Waals surface area contributed by atoms with Crippen molar-refractivity contribution in [1.29, 1.82) is 0 Å². The number of nitrogens with one attached hydrogen (secondary N) is 1. The summed E-state index contributed by atoms with van der Waals surface area (Å²) < 4.78 is 5.80. The largest absolute Gasteiger partial charge is 0.422 e. The Morgan fingerprint density at radius 3 is 2.88 bits per heavy atom. The van der Waals surface area contributed by atoms with Crippen molar-refractivity contribution in [3.8, 4) is 5.75 Å². The van der Waals surface area contributed by atoms with E-state index in [0.29, 0.717) is 23.8 Å². The van der Waals surface area contributed by atoms with E-state index in [1.54, 1.807) is 0 Å². The van der Waals surface area contributed by atoms with E-state index in [-0.39, 0.29) is 5.97 Å². The molecule has 1 N–H and O–H groups in total. The molecule has 0 saturated heterocycles. The van der Waals surface area contributed by atoms with Gasteiger partial charge in [0.15, 0.2) is 0 Å². The average Bonchev–Trinajstić information content (AvgIpc) is 3.04. The van der Waals surface area contributed by atoms with Crippen LogP contribution in [-0.4, -0.2) is 47.4 Å². The summed E-state index contributed by atoms with van der Waals surface area (Å²) in [5.74, 6) is 0.335.